The van der Waals surface area contributed by atoms with Gasteiger partial charge in [-0.3, -0.25) is 0 Å². The largest absolute Gasteiger partial charge is 0.478 e. The fourth-order valence-corrected chi connectivity index (χ4v) is 1.86. The third kappa shape index (κ3) is 3.22. The number of carbonyl (C=O) groups is 1. The Morgan fingerprint density at radius 3 is 2.38 bits per heavy atom. The number of nitrogens with one attached hydrogen (secondary N) is 1. The highest BCUT2D eigenvalue weighted by Crippen LogP contribution is 2.27. The van der Waals surface area contributed by atoms with Crippen LogP contribution in [0.3, 0.4) is 0 Å². The maximum absolute atomic E-state index is 13.7. The lowest BCUT2D eigenvalue weighted by Gasteiger charge is -2.14. The van der Waals surface area contributed by atoms with Crippen molar-refractivity contribution in [1.82, 2.24) is 0 Å². The molecule has 5 nitrogen and oxygen atoms in total. The molecular formula is C15H16FN3O2. The number of benzene rings is 2. The van der Waals surface area contributed by atoms with Gasteiger partial charge in [-0.15, -0.1) is 0 Å². The molecule has 0 atom stereocenters. The molecule has 4 N–H and O–H groups in total. The Morgan fingerprint density at radius 2 is 1.86 bits per heavy atom. The highest BCUT2D eigenvalue weighted by Gasteiger charge is 2.13. The van der Waals surface area contributed by atoms with E-state index in [0.717, 1.165) is 23.5 Å². The summed E-state index contributed by atoms with van der Waals surface area (Å²) in [5.74, 6) is -2.18. The molecule has 0 fully saturated rings. The molecule has 2 aromatic carbocycles. The Hall–Kier alpha value is -2.76. The third-order valence-corrected chi connectivity index (χ3v) is 3.03. The molecule has 0 aliphatic heterocycles. The number of halogens is 1. The molecule has 0 bridgehead atoms. The average Bonchev–Trinajstić information content (AvgIpc) is 2.42. The number of nitrogen functional groups attached to an aromatic ring is 1. The molecule has 21 heavy (non-hydrogen) atoms. The lowest BCUT2D eigenvalue weighted by atomic mass is 10.1. The highest BCUT2D eigenvalue weighted by molar-refractivity contribution is 5.91. The van der Waals surface area contributed by atoms with Crippen LogP contribution < -0.4 is 16.0 Å². The Kier molecular flexibility index (Phi) is 3.98. The summed E-state index contributed by atoms with van der Waals surface area (Å²) < 4.78 is 13.7. The van der Waals surface area contributed by atoms with Gasteiger partial charge < -0.3 is 21.1 Å². The van der Waals surface area contributed by atoms with E-state index in [-0.39, 0.29) is 5.69 Å². The number of hydrogen-bond acceptors (Lipinski definition) is 4. The van der Waals surface area contributed by atoms with Gasteiger partial charge in [-0.25, -0.2) is 9.18 Å². The normalized spacial score (nSPS) is 10.2. The summed E-state index contributed by atoms with van der Waals surface area (Å²) in [6, 6.07) is 9.66. The highest BCUT2D eigenvalue weighted by atomic mass is 19.1. The van der Waals surface area contributed by atoms with E-state index in [1.54, 1.807) is 0 Å². The van der Waals surface area contributed by atoms with E-state index in [4.69, 9.17) is 10.8 Å². The Morgan fingerprint density at radius 1 is 1.24 bits per heavy atom. The van der Waals surface area contributed by atoms with Crippen molar-refractivity contribution in [1.29, 1.82) is 0 Å². The summed E-state index contributed by atoms with van der Waals surface area (Å²) in [5, 5.41) is 11.8. The summed E-state index contributed by atoms with van der Waals surface area (Å²) in [6.45, 7) is 0. The minimum absolute atomic E-state index is 0.172. The number of anilines is 4. The topological polar surface area (TPSA) is 78.6 Å². The molecule has 6 heteroatoms. The molecular weight excluding hydrogens is 273 g/mol. The first-order chi connectivity index (χ1) is 9.88. The lowest BCUT2D eigenvalue weighted by Crippen LogP contribution is -2.08. The number of hydrogen-bond donors (Lipinski definition) is 3. The maximum Gasteiger partial charge on any atom is 0.338 e. The van der Waals surface area contributed by atoms with Crippen molar-refractivity contribution < 1.29 is 14.3 Å². The molecule has 0 radical (unpaired) electrons. The lowest BCUT2D eigenvalue weighted by molar-refractivity contribution is 0.0692. The number of nitrogens with zero attached hydrogens (tertiary/aromatic N) is 1. The second-order valence-electron chi connectivity index (χ2n) is 4.79. The smallest absolute Gasteiger partial charge is 0.338 e. The van der Waals surface area contributed by atoms with Gasteiger partial charge in [-0.2, -0.15) is 0 Å². The van der Waals surface area contributed by atoms with Gasteiger partial charge in [0.1, 0.15) is 5.82 Å². The number of nitrogens with two attached hydrogens (primary N) is 1. The SMILES string of the molecule is CN(C)c1ccc(Nc2cc(F)c(C(=O)O)cc2N)cc1. The third-order valence-electron chi connectivity index (χ3n) is 3.03. The van der Waals surface area contributed by atoms with Gasteiger partial charge in [-0.1, -0.05) is 0 Å². The van der Waals surface area contributed by atoms with Crippen LogP contribution in [0.5, 0.6) is 0 Å². The van der Waals surface area contributed by atoms with Gasteiger partial charge >= 0.3 is 5.97 Å². The molecule has 2 aromatic rings. The number of carboxylic acid groups (broad SMARTS) is 1. The zero-order chi connectivity index (χ0) is 15.6. The van der Waals surface area contributed by atoms with Gasteiger partial charge in [0.05, 0.1) is 16.9 Å². The summed E-state index contributed by atoms with van der Waals surface area (Å²) in [5.41, 5.74) is 7.57. The number of rotatable bonds is 4. The van der Waals surface area contributed by atoms with Crippen molar-refractivity contribution in [3.05, 3.63) is 47.8 Å². The first-order valence-electron chi connectivity index (χ1n) is 6.25. The summed E-state index contributed by atoms with van der Waals surface area (Å²) in [7, 11) is 3.86. The van der Waals surface area contributed by atoms with E-state index in [1.165, 1.54) is 0 Å². The quantitative estimate of drug-likeness (QED) is 0.754. The van der Waals surface area contributed by atoms with Crippen LogP contribution in [0.25, 0.3) is 0 Å². The van der Waals surface area contributed by atoms with Gasteiger partial charge in [0.25, 0.3) is 0 Å². The number of carboxylic acids is 1. The van der Waals surface area contributed by atoms with Crippen LogP contribution in [0.15, 0.2) is 36.4 Å². The molecule has 0 aliphatic carbocycles. The molecule has 0 saturated heterocycles. The van der Waals surface area contributed by atoms with Crippen molar-refractivity contribution in [2.75, 3.05) is 30.0 Å². The molecule has 0 aliphatic rings. The second kappa shape index (κ2) is 5.70. The van der Waals surface area contributed by atoms with Crippen LogP contribution >= 0.6 is 0 Å². The minimum Gasteiger partial charge on any atom is -0.478 e. The van der Waals surface area contributed by atoms with Gasteiger partial charge in [0.2, 0.25) is 0 Å². The molecule has 0 saturated carbocycles. The van der Waals surface area contributed by atoms with Crippen LogP contribution in [0, 0.1) is 5.82 Å². The van der Waals surface area contributed by atoms with Gasteiger partial charge in [0, 0.05) is 31.5 Å². The van der Waals surface area contributed by atoms with Gasteiger partial charge in [-0.05, 0) is 30.3 Å². The predicted octanol–water partition coefficient (Wildman–Crippen LogP) is 2.92. The number of aromatic carboxylic acids is 1. The Balaban J connectivity index is 2.27. The zero-order valence-corrected chi connectivity index (χ0v) is 11.7. The summed E-state index contributed by atoms with van der Waals surface area (Å²) in [4.78, 5) is 12.8. The van der Waals surface area contributed by atoms with Crippen molar-refractivity contribution >= 4 is 28.7 Å². The van der Waals surface area contributed by atoms with E-state index in [1.807, 2.05) is 43.3 Å². The molecule has 2 rings (SSSR count). The molecule has 0 amide bonds. The van der Waals surface area contributed by atoms with Crippen LogP contribution in [-0.2, 0) is 0 Å². The Labute approximate surface area is 121 Å². The molecule has 110 valence electrons. The first kappa shape index (κ1) is 14.6. The van der Waals surface area contributed by atoms with Crippen LogP contribution in [0.4, 0.5) is 27.1 Å². The second-order valence-corrected chi connectivity index (χ2v) is 4.79. The maximum atomic E-state index is 13.7. The van der Waals surface area contributed by atoms with Crippen molar-refractivity contribution in [3.8, 4) is 0 Å². The van der Waals surface area contributed by atoms with E-state index in [0.29, 0.717) is 5.69 Å². The fourth-order valence-electron chi connectivity index (χ4n) is 1.86. The molecule has 0 heterocycles. The van der Waals surface area contributed by atoms with E-state index < -0.39 is 17.3 Å². The summed E-state index contributed by atoms with van der Waals surface area (Å²) in [6.07, 6.45) is 0. The Bertz CT molecular complexity index is 669. The van der Waals surface area contributed by atoms with Crippen molar-refractivity contribution in [2.24, 2.45) is 0 Å². The monoisotopic (exact) mass is 289 g/mol. The van der Waals surface area contributed by atoms with Crippen LogP contribution in [-0.4, -0.2) is 25.2 Å². The standard InChI is InChI=1S/C15H16FN3O2/c1-19(2)10-5-3-9(4-6-10)18-14-8-12(16)11(15(20)21)7-13(14)17/h3-8,18H,17H2,1-2H3,(H,20,21). The fraction of sp³-hybridized carbons (Fsp3) is 0.133. The van der Waals surface area contributed by atoms with E-state index in [9.17, 15) is 9.18 Å². The minimum atomic E-state index is -1.35. The predicted molar refractivity (Wildman–Crippen MR) is 81.8 cm³/mol. The molecule has 0 unspecified atom stereocenters. The van der Waals surface area contributed by atoms with Crippen molar-refractivity contribution in [3.63, 3.8) is 0 Å². The van der Waals surface area contributed by atoms with E-state index in [2.05, 4.69) is 5.32 Å². The van der Waals surface area contributed by atoms with Gasteiger partial charge in [0.15, 0.2) is 0 Å². The van der Waals surface area contributed by atoms with Crippen LogP contribution in [0.2, 0.25) is 0 Å². The molecule has 0 aromatic heterocycles. The molecule has 0 spiro atoms. The first-order valence-corrected chi connectivity index (χ1v) is 6.25. The van der Waals surface area contributed by atoms with Crippen molar-refractivity contribution in [2.45, 2.75) is 0 Å². The van der Waals surface area contributed by atoms with E-state index >= 15 is 0 Å². The average molecular weight is 289 g/mol. The van der Waals surface area contributed by atoms with Crippen LogP contribution in [0.1, 0.15) is 10.4 Å². The zero-order valence-electron chi connectivity index (χ0n) is 11.7. The summed E-state index contributed by atoms with van der Waals surface area (Å²) >= 11 is 0.